The van der Waals surface area contributed by atoms with E-state index in [-0.39, 0.29) is 22.4 Å². The number of carbonyl (C=O) groups is 4. The monoisotopic (exact) mass is 402 g/mol. The normalized spacial score (nSPS) is 12.8. The number of benzene rings is 2. The van der Waals surface area contributed by atoms with Gasteiger partial charge in [-0.3, -0.25) is 24.1 Å². The largest absolute Gasteiger partial charge is 0.319 e. The molecule has 30 heavy (non-hydrogen) atoms. The number of hydrogen-bond acceptors (Lipinski definition) is 5. The summed E-state index contributed by atoms with van der Waals surface area (Å²) in [6, 6.07) is 13.7. The Morgan fingerprint density at radius 2 is 1.60 bits per heavy atom. The van der Waals surface area contributed by atoms with E-state index in [1.165, 1.54) is 25.2 Å². The predicted octanol–water partition coefficient (Wildman–Crippen LogP) is 2.54. The van der Waals surface area contributed by atoms with Gasteiger partial charge in [0.2, 0.25) is 0 Å². The van der Waals surface area contributed by atoms with Crippen molar-refractivity contribution in [2.75, 3.05) is 12.4 Å². The molecule has 0 saturated carbocycles. The molecule has 0 unspecified atom stereocenters. The third-order valence-corrected chi connectivity index (χ3v) is 5.07. The van der Waals surface area contributed by atoms with Gasteiger partial charge in [0.1, 0.15) is 0 Å². The van der Waals surface area contributed by atoms with Gasteiger partial charge in [0.05, 0.1) is 33.8 Å². The van der Waals surface area contributed by atoms with E-state index >= 15 is 0 Å². The topological polar surface area (TPSA) is 101 Å². The predicted molar refractivity (Wildman–Crippen MR) is 109 cm³/mol. The van der Waals surface area contributed by atoms with E-state index in [4.69, 9.17) is 0 Å². The Bertz CT molecular complexity index is 1230. The summed E-state index contributed by atoms with van der Waals surface area (Å²) in [7, 11) is 1.39. The Hall–Kier alpha value is -4.07. The molecular weight excluding hydrogens is 384 g/mol. The van der Waals surface area contributed by atoms with Gasteiger partial charge in [0.15, 0.2) is 0 Å². The Morgan fingerprint density at radius 1 is 0.933 bits per heavy atom. The van der Waals surface area contributed by atoms with Crippen LogP contribution in [0, 0.1) is 13.8 Å². The van der Waals surface area contributed by atoms with Gasteiger partial charge >= 0.3 is 0 Å². The minimum atomic E-state index is -0.848. The molecule has 0 spiro atoms. The summed E-state index contributed by atoms with van der Waals surface area (Å²) < 4.78 is 1.62. The summed E-state index contributed by atoms with van der Waals surface area (Å²) in [5.41, 5.74) is 2.71. The molecule has 0 saturated heterocycles. The third kappa shape index (κ3) is 2.98. The maximum atomic E-state index is 12.8. The molecular formula is C22H18N4O4. The van der Waals surface area contributed by atoms with Crippen molar-refractivity contribution < 1.29 is 19.2 Å². The number of ketones is 1. The fourth-order valence-corrected chi connectivity index (χ4v) is 3.53. The van der Waals surface area contributed by atoms with Crippen LogP contribution in [0.3, 0.4) is 0 Å². The first-order valence-electron chi connectivity index (χ1n) is 9.23. The lowest BCUT2D eigenvalue weighted by atomic mass is 10.1. The third-order valence-electron chi connectivity index (χ3n) is 5.07. The Morgan fingerprint density at radius 3 is 2.30 bits per heavy atom. The van der Waals surface area contributed by atoms with Crippen molar-refractivity contribution in [1.82, 2.24) is 14.7 Å². The molecule has 1 aliphatic rings. The van der Waals surface area contributed by atoms with Gasteiger partial charge in [-0.15, -0.1) is 0 Å². The number of nitrogens with zero attached hydrogens (tertiary/aromatic N) is 3. The second-order valence-corrected chi connectivity index (χ2v) is 7.01. The smallest absolute Gasteiger partial charge is 0.296 e. The Labute approximate surface area is 172 Å². The number of nitrogens with one attached hydrogen (secondary N) is 1. The summed E-state index contributed by atoms with van der Waals surface area (Å²) in [6.45, 7) is 3.39. The summed E-state index contributed by atoms with van der Waals surface area (Å²) in [5, 5.41) is 6.91. The molecule has 8 heteroatoms. The highest BCUT2D eigenvalue weighted by atomic mass is 16.2. The number of fused-ring (bicyclic) bond motifs is 1. The lowest BCUT2D eigenvalue weighted by molar-refractivity contribution is -0.112. The highest BCUT2D eigenvalue weighted by Gasteiger charge is 2.33. The van der Waals surface area contributed by atoms with Crippen LogP contribution in [-0.2, 0) is 4.79 Å². The first kappa shape index (κ1) is 19.3. The van der Waals surface area contributed by atoms with E-state index < -0.39 is 23.5 Å². The number of amides is 3. The minimum Gasteiger partial charge on any atom is -0.319 e. The van der Waals surface area contributed by atoms with Crippen LogP contribution in [0.25, 0.3) is 5.69 Å². The van der Waals surface area contributed by atoms with Crippen molar-refractivity contribution in [3.05, 3.63) is 76.6 Å². The lowest BCUT2D eigenvalue weighted by Crippen LogP contribution is -2.24. The van der Waals surface area contributed by atoms with E-state index in [2.05, 4.69) is 10.4 Å². The first-order valence-corrected chi connectivity index (χ1v) is 9.23. The molecule has 0 radical (unpaired) electrons. The van der Waals surface area contributed by atoms with Gasteiger partial charge in [-0.2, -0.15) is 5.10 Å². The molecule has 0 bridgehead atoms. The van der Waals surface area contributed by atoms with Gasteiger partial charge in [-0.05, 0) is 44.2 Å². The fraction of sp³-hybridized carbons (Fsp3) is 0.136. The standard InChI is InChI=1S/C22H18N4O4/c1-12-18(13(2)26(24-12)15-7-5-4-6-8-15)19(27)20(28)23-14-9-10-16-17(11-14)22(30)25(3)21(16)29/h4-11H,1-3H3,(H,23,28). The summed E-state index contributed by atoms with van der Waals surface area (Å²) >= 11 is 0. The van der Waals surface area contributed by atoms with E-state index in [1.54, 1.807) is 18.5 Å². The molecule has 3 aromatic rings. The molecule has 2 aromatic carbocycles. The van der Waals surface area contributed by atoms with Crippen LogP contribution >= 0.6 is 0 Å². The first-order chi connectivity index (χ1) is 14.3. The number of aromatic nitrogens is 2. The maximum Gasteiger partial charge on any atom is 0.296 e. The summed E-state index contributed by atoms with van der Waals surface area (Å²) in [6.07, 6.45) is 0. The second-order valence-electron chi connectivity index (χ2n) is 7.01. The molecule has 4 rings (SSSR count). The zero-order valence-corrected chi connectivity index (χ0v) is 16.6. The molecule has 1 aromatic heterocycles. The number of anilines is 1. The molecule has 1 aliphatic heterocycles. The van der Waals surface area contributed by atoms with Gasteiger partial charge in [0.25, 0.3) is 23.5 Å². The van der Waals surface area contributed by atoms with E-state index in [0.29, 0.717) is 11.4 Å². The average molecular weight is 402 g/mol. The lowest BCUT2D eigenvalue weighted by Gasteiger charge is -2.07. The van der Waals surface area contributed by atoms with Crippen LogP contribution in [0.1, 0.15) is 42.5 Å². The molecule has 0 aliphatic carbocycles. The highest BCUT2D eigenvalue weighted by molar-refractivity contribution is 6.47. The zero-order chi connectivity index (χ0) is 21.6. The molecule has 150 valence electrons. The number of para-hydroxylation sites is 1. The van der Waals surface area contributed by atoms with Gasteiger partial charge in [-0.25, -0.2) is 4.68 Å². The van der Waals surface area contributed by atoms with E-state index in [1.807, 2.05) is 30.3 Å². The molecule has 1 N–H and O–H groups in total. The van der Waals surface area contributed by atoms with Crippen molar-refractivity contribution in [3.63, 3.8) is 0 Å². The molecule has 3 amide bonds. The Kier molecular flexibility index (Phi) is 4.54. The molecule has 0 atom stereocenters. The number of Topliss-reactive ketones (excluding diaryl/α,β-unsaturated/α-hetero) is 1. The van der Waals surface area contributed by atoms with Crippen LogP contribution in [0.4, 0.5) is 5.69 Å². The maximum absolute atomic E-state index is 12.8. The Balaban J connectivity index is 1.60. The van der Waals surface area contributed by atoms with Crippen molar-refractivity contribution >= 4 is 29.2 Å². The molecule has 0 fully saturated rings. The van der Waals surface area contributed by atoms with Gasteiger partial charge in [0, 0.05) is 12.7 Å². The van der Waals surface area contributed by atoms with Gasteiger partial charge < -0.3 is 5.32 Å². The van der Waals surface area contributed by atoms with Crippen LogP contribution in [0.2, 0.25) is 0 Å². The SMILES string of the molecule is Cc1nn(-c2ccccc2)c(C)c1C(=O)C(=O)Nc1ccc2c(c1)C(=O)N(C)C2=O. The van der Waals surface area contributed by atoms with Crippen molar-refractivity contribution in [2.45, 2.75) is 13.8 Å². The highest BCUT2D eigenvalue weighted by Crippen LogP contribution is 2.25. The number of aryl methyl sites for hydroxylation is 1. The average Bonchev–Trinajstić information content (AvgIpc) is 3.16. The van der Waals surface area contributed by atoms with Crippen molar-refractivity contribution in [2.24, 2.45) is 0 Å². The number of carbonyl (C=O) groups excluding carboxylic acids is 4. The number of rotatable bonds is 4. The van der Waals surface area contributed by atoms with Crippen LogP contribution in [0.15, 0.2) is 48.5 Å². The van der Waals surface area contributed by atoms with E-state index in [9.17, 15) is 19.2 Å². The molecule has 8 nitrogen and oxygen atoms in total. The number of hydrogen-bond donors (Lipinski definition) is 1. The van der Waals surface area contributed by atoms with Crippen LogP contribution in [-0.4, -0.2) is 45.2 Å². The van der Waals surface area contributed by atoms with E-state index in [0.717, 1.165) is 10.6 Å². The fourth-order valence-electron chi connectivity index (χ4n) is 3.53. The minimum absolute atomic E-state index is 0.192. The zero-order valence-electron chi connectivity index (χ0n) is 16.6. The summed E-state index contributed by atoms with van der Waals surface area (Å²) in [4.78, 5) is 50.6. The second kappa shape index (κ2) is 7.07. The van der Waals surface area contributed by atoms with Gasteiger partial charge in [-0.1, -0.05) is 18.2 Å². The number of imide groups is 1. The molecule has 2 heterocycles. The summed E-state index contributed by atoms with van der Waals surface area (Å²) in [5.74, 6) is -2.43. The van der Waals surface area contributed by atoms with Crippen LogP contribution < -0.4 is 5.32 Å². The van der Waals surface area contributed by atoms with Crippen LogP contribution in [0.5, 0.6) is 0 Å². The van der Waals surface area contributed by atoms with Crippen molar-refractivity contribution in [1.29, 1.82) is 0 Å². The quantitative estimate of drug-likeness (QED) is 0.411. The van der Waals surface area contributed by atoms with Crippen molar-refractivity contribution in [3.8, 4) is 5.69 Å².